The predicted octanol–water partition coefficient (Wildman–Crippen LogP) is 6.28. The zero-order valence-electron chi connectivity index (χ0n) is 18.4. The van der Waals surface area contributed by atoms with E-state index in [2.05, 4.69) is 4.98 Å². The van der Waals surface area contributed by atoms with Crippen LogP contribution in [0, 0.1) is 11.6 Å². The number of H-pyrrole nitrogens is 1. The largest absolute Gasteiger partial charge is 0.478 e. The van der Waals surface area contributed by atoms with Gasteiger partial charge in [0, 0.05) is 45.8 Å². The van der Waals surface area contributed by atoms with E-state index in [1.165, 1.54) is 13.8 Å². The van der Waals surface area contributed by atoms with Crippen LogP contribution in [0.3, 0.4) is 0 Å². The summed E-state index contributed by atoms with van der Waals surface area (Å²) in [5.41, 5.74) is 0.532. The van der Waals surface area contributed by atoms with Gasteiger partial charge in [-0.25, -0.2) is 18.0 Å². The van der Waals surface area contributed by atoms with E-state index in [9.17, 15) is 9.18 Å². The van der Waals surface area contributed by atoms with Crippen LogP contribution < -0.4 is 0 Å². The Bertz CT molecular complexity index is 1240. The summed E-state index contributed by atoms with van der Waals surface area (Å²) in [4.78, 5) is 15.8. The second-order valence-electron chi connectivity index (χ2n) is 9.12. The number of fused-ring (bicyclic) bond motifs is 3. The van der Waals surface area contributed by atoms with Crippen molar-refractivity contribution in [3.8, 4) is 0 Å². The molecule has 0 aliphatic carbocycles. The highest BCUT2D eigenvalue weighted by molar-refractivity contribution is 6.31. The number of nitrogens with zero attached hydrogens (tertiary/aromatic N) is 1. The molecule has 2 aromatic carbocycles. The molecular formula is C25H24ClF3N2O2. The molecule has 4 nitrogen and oxygen atoms in total. The maximum atomic E-state index is 15.4. The molecule has 2 heterocycles. The third-order valence-electron chi connectivity index (χ3n) is 5.92. The first kappa shape index (κ1) is 23.4. The van der Waals surface area contributed by atoms with E-state index in [1.54, 1.807) is 17.0 Å². The number of aromatic nitrogens is 1. The maximum absolute atomic E-state index is 15.4. The van der Waals surface area contributed by atoms with Crippen LogP contribution in [-0.4, -0.2) is 39.2 Å². The maximum Gasteiger partial charge on any atom is 0.328 e. The van der Waals surface area contributed by atoms with Crippen molar-refractivity contribution in [1.29, 1.82) is 0 Å². The lowest BCUT2D eigenvalue weighted by Gasteiger charge is -2.43. The van der Waals surface area contributed by atoms with Gasteiger partial charge >= 0.3 is 5.97 Å². The van der Waals surface area contributed by atoms with Crippen LogP contribution in [0.5, 0.6) is 0 Å². The number of hydrogen-bond acceptors (Lipinski definition) is 2. The number of aliphatic carboxylic acids is 1. The number of hydrogen-bond donors (Lipinski definition) is 2. The molecule has 0 bridgehead atoms. The zero-order chi connectivity index (χ0) is 24.1. The van der Waals surface area contributed by atoms with Crippen molar-refractivity contribution in [3.63, 3.8) is 0 Å². The fourth-order valence-electron chi connectivity index (χ4n) is 4.66. The fourth-order valence-corrected chi connectivity index (χ4v) is 4.83. The molecule has 0 saturated heterocycles. The molecule has 0 fully saturated rings. The number of carboxylic acid groups (broad SMARTS) is 1. The average Bonchev–Trinajstić information content (AvgIpc) is 3.04. The Labute approximate surface area is 194 Å². The van der Waals surface area contributed by atoms with Crippen LogP contribution in [0.4, 0.5) is 13.2 Å². The second kappa shape index (κ2) is 8.54. The molecule has 1 aliphatic rings. The van der Waals surface area contributed by atoms with E-state index in [1.807, 2.05) is 13.0 Å². The number of carbonyl (C=O) groups is 1. The normalized spacial score (nSPS) is 19.4. The first-order valence-electron chi connectivity index (χ1n) is 10.6. The summed E-state index contributed by atoms with van der Waals surface area (Å²) >= 11 is 6.15. The van der Waals surface area contributed by atoms with Crippen LogP contribution >= 0.6 is 11.6 Å². The Balaban J connectivity index is 1.93. The van der Waals surface area contributed by atoms with Gasteiger partial charge in [-0.3, -0.25) is 4.90 Å². The van der Waals surface area contributed by atoms with Crippen molar-refractivity contribution in [2.45, 2.75) is 44.9 Å². The molecule has 174 valence electrons. The van der Waals surface area contributed by atoms with Crippen molar-refractivity contribution in [3.05, 3.63) is 75.4 Å². The standard InChI is InChI=1S/C25H24ClF3N2O2/c1-13-8-17-16-6-5-15(26)11-20(16)30-23(17)24(31(13)12-25(2,3)29)22-18(27)9-14(10-19(22)28)4-7-21(32)33/h4-7,9-11,13,24,30H,8,12H2,1-3H3,(H,32,33)/b7-4+. The minimum absolute atomic E-state index is 0.0338. The summed E-state index contributed by atoms with van der Waals surface area (Å²) in [6.45, 7) is 4.75. The molecule has 2 unspecified atom stereocenters. The Hall–Kier alpha value is -2.77. The summed E-state index contributed by atoms with van der Waals surface area (Å²) < 4.78 is 45.6. The molecule has 2 atom stereocenters. The lowest BCUT2D eigenvalue weighted by atomic mass is 9.87. The van der Waals surface area contributed by atoms with Crippen molar-refractivity contribution < 1.29 is 23.1 Å². The summed E-state index contributed by atoms with van der Waals surface area (Å²) in [5.74, 6) is -2.88. The van der Waals surface area contributed by atoms with Crippen LogP contribution in [-0.2, 0) is 11.2 Å². The van der Waals surface area contributed by atoms with Gasteiger partial charge in [0.25, 0.3) is 0 Å². The number of nitrogens with one attached hydrogen (secondary N) is 1. The van der Waals surface area contributed by atoms with Crippen LogP contribution in [0.1, 0.15) is 49.2 Å². The second-order valence-corrected chi connectivity index (χ2v) is 9.56. The summed E-state index contributed by atoms with van der Waals surface area (Å²) in [7, 11) is 0. The SMILES string of the molecule is CC1Cc2c([nH]c3cc(Cl)ccc23)C(c2c(F)cc(/C=C/C(=O)O)cc2F)N1CC(C)(C)F. The predicted molar refractivity (Wildman–Crippen MR) is 123 cm³/mol. The van der Waals surface area contributed by atoms with Crippen LogP contribution in [0.15, 0.2) is 36.4 Å². The van der Waals surface area contributed by atoms with Gasteiger partial charge in [0.1, 0.15) is 17.3 Å². The van der Waals surface area contributed by atoms with E-state index in [-0.39, 0.29) is 23.7 Å². The van der Waals surface area contributed by atoms with Gasteiger partial charge in [0.2, 0.25) is 0 Å². The third kappa shape index (κ3) is 4.66. The van der Waals surface area contributed by atoms with Crippen molar-refractivity contribution in [2.75, 3.05) is 6.54 Å². The monoisotopic (exact) mass is 476 g/mol. The van der Waals surface area contributed by atoms with Crippen molar-refractivity contribution in [2.24, 2.45) is 0 Å². The lowest BCUT2D eigenvalue weighted by molar-refractivity contribution is -0.131. The van der Waals surface area contributed by atoms with Crippen molar-refractivity contribution >= 4 is 34.5 Å². The number of carboxylic acids is 1. The molecule has 8 heteroatoms. The van der Waals surface area contributed by atoms with Gasteiger partial charge in [-0.2, -0.15) is 0 Å². The molecule has 0 saturated carbocycles. The van der Waals surface area contributed by atoms with E-state index >= 15 is 8.78 Å². The van der Waals surface area contributed by atoms with E-state index < -0.39 is 29.3 Å². The number of alkyl halides is 1. The molecule has 1 aliphatic heterocycles. The summed E-state index contributed by atoms with van der Waals surface area (Å²) in [6, 6.07) is 6.48. The van der Waals surface area contributed by atoms with E-state index in [4.69, 9.17) is 16.7 Å². The highest BCUT2D eigenvalue weighted by Gasteiger charge is 2.40. The molecule has 0 spiro atoms. The highest BCUT2D eigenvalue weighted by atomic mass is 35.5. The molecule has 4 rings (SSSR count). The minimum Gasteiger partial charge on any atom is -0.478 e. The molecule has 2 N–H and O–H groups in total. The Morgan fingerprint density at radius 1 is 1.27 bits per heavy atom. The minimum atomic E-state index is -1.60. The first-order chi connectivity index (χ1) is 15.4. The Morgan fingerprint density at radius 3 is 2.55 bits per heavy atom. The van der Waals surface area contributed by atoms with Gasteiger partial charge in [-0.05, 0) is 68.7 Å². The van der Waals surface area contributed by atoms with Crippen molar-refractivity contribution in [1.82, 2.24) is 9.88 Å². The average molecular weight is 477 g/mol. The van der Waals surface area contributed by atoms with Crippen LogP contribution in [0.2, 0.25) is 5.02 Å². The van der Waals surface area contributed by atoms with Gasteiger partial charge in [0.15, 0.2) is 0 Å². The Kier molecular flexibility index (Phi) is 6.05. The third-order valence-corrected chi connectivity index (χ3v) is 6.16. The highest BCUT2D eigenvalue weighted by Crippen LogP contribution is 2.43. The zero-order valence-corrected chi connectivity index (χ0v) is 19.2. The van der Waals surface area contributed by atoms with Gasteiger partial charge in [-0.15, -0.1) is 0 Å². The number of halogens is 4. The summed E-state index contributed by atoms with van der Waals surface area (Å²) in [6.07, 6.45) is 2.51. The van der Waals surface area contributed by atoms with Gasteiger partial charge in [-0.1, -0.05) is 17.7 Å². The van der Waals surface area contributed by atoms with Gasteiger partial charge in [0.05, 0.1) is 6.04 Å². The van der Waals surface area contributed by atoms with E-state index in [0.717, 1.165) is 40.8 Å². The van der Waals surface area contributed by atoms with Crippen LogP contribution in [0.25, 0.3) is 17.0 Å². The molecule has 0 radical (unpaired) electrons. The smallest absolute Gasteiger partial charge is 0.328 e. The number of benzene rings is 2. The molecule has 0 amide bonds. The Morgan fingerprint density at radius 2 is 1.94 bits per heavy atom. The number of rotatable bonds is 5. The fraction of sp³-hybridized carbons (Fsp3) is 0.320. The lowest BCUT2D eigenvalue weighted by Crippen LogP contribution is -2.48. The summed E-state index contributed by atoms with van der Waals surface area (Å²) in [5, 5.41) is 10.2. The quantitative estimate of drug-likeness (QED) is 0.426. The molecule has 3 aromatic rings. The molecular weight excluding hydrogens is 453 g/mol. The topological polar surface area (TPSA) is 56.3 Å². The molecule has 1 aromatic heterocycles. The first-order valence-corrected chi connectivity index (χ1v) is 11.0. The van der Waals surface area contributed by atoms with E-state index in [0.29, 0.717) is 17.1 Å². The van der Waals surface area contributed by atoms with Gasteiger partial charge < -0.3 is 10.1 Å². The number of aromatic amines is 1. The molecule has 33 heavy (non-hydrogen) atoms.